The molecular formula is C15H22N2O18P2. The number of nitrogens with one attached hydrogen (secondary N) is 1. The lowest BCUT2D eigenvalue weighted by atomic mass is 9.99. The average molecular weight is 580 g/mol. The largest absolute Gasteiger partial charge is 0.483 e. The summed E-state index contributed by atoms with van der Waals surface area (Å²) < 4.78 is 47.6. The van der Waals surface area contributed by atoms with Crippen LogP contribution in [-0.4, -0.2) is 112 Å². The van der Waals surface area contributed by atoms with E-state index in [9.17, 15) is 58.8 Å². The Bertz CT molecular complexity index is 1200. The Morgan fingerprint density at radius 3 is 2.22 bits per heavy atom. The third kappa shape index (κ3) is 6.77. The molecule has 37 heavy (non-hydrogen) atoms. The predicted octanol–water partition coefficient (Wildman–Crippen LogP) is -4.70. The zero-order chi connectivity index (χ0) is 27.9. The number of nitrogens with zero attached hydrogens (tertiary/aromatic N) is 1. The van der Waals surface area contributed by atoms with Gasteiger partial charge in [-0.15, -0.1) is 0 Å². The van der Waals surface area contributed by atoms with Gasteiger partial charge in [0, 0.05) is 12.3 Å². The summed E-state index contributed by atoms with van der Waals surface area (Å²) in [5.41, 5.74) is -1.78. The third-order valence-electron chi connectivity index (χ3n) is 5.12. The number of carboxylic acid groups (broad SMARTS) is 1. The van der Waals surface area contributed by atoms with E-state index in [1.807, 2.05) is 4.98 Å². The SMILES string of the molecule is O=C(O)[C@H]1O[C@H](OP(=O)(O)OP(=O)(O)OC[C@H]2O[C@@H](n3ccc(=O)[nH]c3=O)[C@H](O)[C@@H]2O)[C@H](O)[C@@H](O)[C@H]1O. The van der Waals surface area contributed by atoms with Gasteiger partial charge in [0.1, 0.15) is 36.6 Å². The van der Waals surface area contributed by atoms with Crippen molar-refractivity contribution < 1.29 is 77.2 Å². The number of phosphoric acid groups is 2. The van der Waals surface area contributed by atoms with E-state index in [1.54, 1.807) is 0 Å². The van der Waals surface area contributed by atoms with Gasteiger partial charge in [-0.3, -0.25) is 23.4 Å². The first-order chi connectivity index (χ1) is 17.0. The smallest absolute Gasteiger partial charge is 0.479 e. The van der Waals surface area contributed by atoms with Crippen LogP contribution < -0.4 is 11.2 Å². The Kier molecular flexibility index (Phi) is 8.89. The van der Waals surface area contributed by atoms with Crippen LogP contribution in [0.15, 0.2) is 21.9 Å². The standard InChI is InChI=1S/C15H22N2O18P2/c18-5-1-2-17(15(26)16-5)12-9(22)6(19)4(32-12)3-31-36(27,28)35-37(29,30)34-14-10(23)7(20)8(21)11(33-14)13(24)25/h1-2,4,6-12,14,19-23H,3H2,(H,24,25)(H,27,28)(H,29,30)(H,16,18,26)/t4-,6-,7+,8-,9-,10-,11+,12-,14-/m1/s1. The van der Waals surface area contributed by atoms with Gasteiger partial charge in [0.15, 0.2) is 18.6 Å². The summed E-state index contributed by atoms with van der Waals surface area (Å²) in [6, 6.07) is 0.910. The fraction of sp³-hybridized carbons (Fsp3) is 0.667. The number of rotatable bonds is 9. The number of aliphatic carboxylic acids is 1. The minimum atomic E-state index is -5.72. The molecular weight excluding hydrogens is 558 g/mol. The number of ether oxygens (including phenoxy) is 2. The van der Waals surface area contributed by atoms with Crippen molar-refractivity contribution in [3.05, 3.63) is 33.1 Å². The van der Waals surface area contributed by atoms with Gasteiger partial charge in [0.25, 0.3) is 5.56 Å². The molecule has 210 valence electrons. The van der Waals surface area contributed by atoms with Crippen LogP contribution in [0.5, 0.6) is 0 Å². The van der Waals surface area contributed by atoms with E-state index in [0.717, 1.165) is 12.3 Å². The number of aromatic nitrogens is 2. The minimum absolute atomic E-state index is 0.700. The molecule has 2 aliphatic heterocycles. The minimum Gasteiger partial charge on any atom is -0.479 e. The number of aromatic amines is 1. The summed E-state index contributed by atoms with van der Waals surface area (Å²) in [5.74, 6) is -1.85. The average Bonchev–Trinajstić information content (AvgIpc) is 3.05. The second kappa shape index (κ2) is 11.1. The van der Waals surface area contributed by atoms with Crippen LogP contribution in [0, 0.1) is 0 Å². The van der Waals surface area contributed by atoms with E-state index >= 15 is 0 Å². The molecule has 0 aliphatic carbocycles. The molecule has 2 saturated heterocycles. The molecule has 2 aliphatic rings. The molecule has 0 spiro atoms. The highest BCUT2D eigenvalue weighted by Gasteiger charge is 2.51. The maximum atomic E-state index is 12.2. The summed E-state index contributed by atoms with van der Waals surface area (Å²) in [4.78, 5) is 55.5. The van der Waals surface area contributed by atoms with Crippen LogP contribution in [0.25, 0.3) is 0 Å². The van der Waals surface area contributed by atoms with Crippen molar-refractivity contribution >= 4 is 21.6 Å². The lowest BCUT2D eigenvalue weighted by Crippen LogP contribution is -2.60. The summed E-state index contributed by atoms with van der Waals surface area (Å²) in [6.07, 6.45) is -17.2. The molecule has 1 aromatic rings. The first-order valence-electron chi connectivity index (χ1n) is 9.98. The maximum Gasteiger partial charge on any atom is 0.483 e. The third-order valence-corrected chi connectivity index (χ3v) is 7.72. The Labute approximate surface area is 204 Å². The normalized spacial score (nSPS) is 37.5. The van der Waals surface area contributed by atoms with E-state index < -0.39 is 94.7 Å². The molecule has 0 amide bonds. The van der Waals surface area contributed by atoms with Gasteiger partial charge in [-0.2, -0.15) is 4.31 Å². The van der Waals surface area contributed by atoms with Crippen molar-refractivity contribution in [2.45, 2.75) is 55.2 Å². The second-order valence-electron chi connectivity index (χ2n) is 7.72. The van der Waals surface area contributed by atoms with Gasteiger partial charge in [0.05, 0.1) is 6.61 Å². The lowest BCUT2D eigenvalue weighted by Gasteiger charge is -2.38. The predicted molar refractivity (Wildman–Crippen MR) is 109 cm³/mol. The first kappa shape index (κ1) is 29.7. The monoisotopic (exact) mass is 580 g/mol. The van der Waals surface area contributed by atoms with E-state index in [0.29, 0.717) is 4.57 Å². The lowest BCUT2D eigenvalue weighted by molar-refractivity contribution is -0.274. The van der Waals surface area contributed by atoms with Crippen molar-refractivity contribution in [3.8, 4) is 0 Å². The van der Waals surface area contributed by atoms with Gasteiger partial charge in [-0.05, 0) is 0 Å². The quantitative estimate of drug-likeness (QED) is 0.124. The maximum absolute atomic E-state index is 12.2. The highest BCUT2D eigenvalue weighted by molar-refractivity contribution is 7.61. The highest BCUT2D eigenvalue weighted by atomic mass is 31.3. The Hall–Kier alpha value is -1.87. The van der Waals surface area contributed by atoms with Crippen LogP contribution >= 0.6 is 15.6 Å². The molecule has 22 heteroatoms. The summed E-state index contributed by atoms with van der Waals surface area (Å²) in [5, 5.41) is 58.3. The number of aliphatic hydroxyl groups excluding tert-OH is 5. The fourth-order valence-corrected chi connectivity index (χ4v) is 5.49. The molecule has 0 bridgehead atoms. The Morgan fingerprint density at radius 2 is 1.62 bits per heavy atom. The van der Waals surface area contributed by atoms with Gasteiger partial charge in [-0.25, -0.2) is 18.7 Å². The summed E-state index contributed by atoms with van der Waals surface area (Å²) >= 11 is 0. The van der Waals surface area contributed by atoms with Crippen LogP contribution in [0.2, 0.25) is 0 Å². The van der Waals surface area contributed by atoms with E-state index in [1.165, 1.54) is 0 Å². The molecule has 0 saturated carbocycles. The van der Waals surface area contributed by atoms with Crippen molar-refractivity contribution in [1.82, 2.24) is 9.55 Å². The summed E-state index contributed by atoms with van der Waals surface area (Å²) in [7, 11) is -11.3. The van der Waals surface area contributed by atoms with Crippen molar-refractivity contribution in [2.24, 2.45) is 0 Å². The Morgan fingerprint density at radius 1 is 0.973 bits per heavy atom. The Balaban J connectivity index is 1.63. The molecule has 2 unspecified atom stereocenters. The molecule has 2 fully saturated rings. The zero-order valence-corrected chi connectivity index (χ0v) is 19.8. The molecule has 0 aromatic carbocycles. The van der Waals surface area contributed by atoms with Crippen molar-refractivity contribution in [3.63, 3.8) is 0 Å². The molecule has 1 aromatic heterocycles. The number of phosphoric ester groups is 2. The van der Waals surface area contributed by atoms with Gasteiger partial charge >= 0.3 is 27.3 Å². The highest BCUT2D eigenvalue weighted by Crippen LogP contribution is 2.61. The van der Waals surface area contributed by atoms with Crippen LogP contribution in [-0.2, 0) is 36.8 Å². The molecule has 9 N–H and O–H groups in total. The number of carboxylic acids is 1. The van der Waals surface area contributed by atoms with Gasteiger partial charge in [0.2, 0.25) is 0 Å². The fourth-order valence-electron chi connectivity index (χ4n) is 3.34. The van der Waals surface area contributed by atoms with Crippen LogP contribution in [0.3, 0.4) is 0 Å². The first-order valence-corrected chi connectivity index (χ1v) is 13.0. The zero-order valence-electron chi connectivity index (χ0n) is 18.1. The molecule has 3 heterocycles. The second-order valence-corrected chi connectivity index (χ2v) is 10.7. The number of aliphatic hydroxyl groups is 5. The summed E-state index contributed by atoms with van der Waals surface area (Å²) in [6.45, 7) is -1.07. The number of H-pyrrole nitrogens is 1. The molecule has 11 atom stereocenters. The van der Waals surface area contributed by atoms with Crippen LogP contribution in [0.4, 0.5) is 0 Å². The number of hydrogen-bond donors (Lipinski definition) is 9. The van der Waals surface area contributed by atoms with E-state index in [-0.39, 0.29) is 0 Å². The van der Waals surface area contributed by atoms with Gasteiger partial charge < -0.3 is 49.9 Å². The van der Waals surface area contributed by atoms with E-state index in [2.05, 4.69) is 18.1 Å². The van der Waals surface area contributed by atoms with Crippen molar-refractivity contribution in [1.29, 1.82) is 0 Å². The number of carbonyl (C=O) groups is 1. The van der Waals surface area contributed by atoms with Crippen molar-refractivity contribution in [2.75, 3.05) is 6.61 Å². The molecule has 0 radical (unpaired) electrons. The molecule has 3 rings (SSSR count). The van der Waals surface area contributed by atoms with Gasteiger partial charge in [-0.1, -0.05) is 0 Å². The van der Waals surface area contributed by atoms with E-state index in [4.69, 9.17) is 9.84 Å². The number of hydrogen-bond acceptors (Lipinski definition) is 15. The topological polar surface area (TPSA) is 314 Å². The van der Waals surface area contributed by atoms with Crippen LogP contribution in [0.1, 0.15) is 6.23 Å². The molecule has 20 nitrogen and oxygen atoms in total.